The molecule has 0 bridgehead atoms. The summed E-state index contributed by atoms with van der Waals surface area (Å²) in [5.41, 5.74) is 5.07. The molecule has 0 aromatic carbocycles. The predicted octanol–water partition coefficient (Wildman–Crippen LogP) is 1.52. The number of nitrogens with two attached hydrogens (primary N) is 1. The Bertz CT molecular complexity index is 188. The molecule has 0 aromatic rings. The van der Waals surface area contributed by atoms with Crippen LogP contribution < -0.4 is 11.1 Å². The summed E-state index contributed by atoms with van der Waals surface area (Å²) < 4.78 is 0. The van der Waals surface area contributed by atoms with E-state index >= 15 is 0 Å². The van der Waals surface area contributed by atoms with Crippen molar-refractivity contribution in [3.8, 4) is 0 Å². The molecular formula is C11H24N2O. The Morgan fingerprint density at radius 1 is 1.36 bits per heavy atom. The molecule has 3 heteroatoms. The molecule has 0 radical (unpaired) electrons. The third kappa shape index (κ3) is 4.61. The summed E-state index contributed by atoms with van der Waals surface area (Å²) in [7, 11) is 0. The molecule has 3 nitrogen and oxygen atoms in total. The van der Waals surface area contributed by atoms with Gasteiger partial charge in [-0.2, -0.15) is 0 Å². The van der Waals surface area contributed by atoms with Gasteiger partial charge in [0.25, 0.3) is 0 Å². The standard InChI is InChI=1S/C11H24N2O/c1-8(2)6-9(3)13-10(14)11(4,5)7-12/h8-9H,6-7,12H2,1-5H3,(H,13,14). The second-order valence-corrected chi connectivity index (χ2v) is 5.09. The number of hydrogen-bond acceptors (Lipinski definition) is 2. The lowest BCUT2D eigenvalue weighted by Crippen LogP contribution is -2.45. The lowest BCUT2D eigenvalue weighted by atomic mass is 9.92. The van der Waals surface area contributed by atoms with Crippen molar-refractivity contribution in [1.29, 1.82) is 0 Å². The zero-order chi connectivity index (χ0) is 11.4. The first-order chi connectivity index (χ1) is 6.29. The van der Waals surface area contributed by atoms with Crippen LogP contribution in [0, 0.1) is 11.3 Å². The van der Waals surface area contributed by atoms with Gasteiger partial charge in [-0.05, 0) is 33.1 Å². The van der Waals surface area contributed by atoms with Crippen LogP contribution in [0.4, 0.5) is 0 Å². The van der Waals surface area contributed by atoms with Crippen LogP contribution in [0.25, 0.3) is 0 Å². The minimum Gasteiger partial charge on any atom is -0.353 e. The zero-order valence-corrected chi connectivity index (χ0v) is 10.1. The maximum atomic E-state index is 11.7. The summed E-state index contributed by atoms with van der Waals surface area (Å²) in [6.45, 7) is 10.4. The molecule has 0 aromatic heterocycles. The number of amides is 1. The number of carbonyl (C=O) groups excluding carboxylic acids is 1. The first kappa shape index (κ1) is 13.4. The molecule has 1 atom stereocenters. The van der Waals surface area contributed by atoms with Crippen molar-refractivity contribution in [2.45, 2.75) is 47.1 Å². The Labute approximate surface area is 87.4 Å². The Morgan fingerprint density at radius 3 is 2.21 bits per heavy atom. The molecule has 0 saturated heterocycles. The first-order valence-electron chi connectivity index (χ1n) is 5.30. The van der Waals surface area contributed by atoms with E-state index in [1.165, 1.54) is 0 Å². The molecule has 14 heavy (non-hydrogen) atoms. The largest absolute Gasteiger partial charge is 0.353 e. The van der Waals surface area contributed by atoms with E-state index in [1.807, 2.05) is 20.8 Å². The molecular weight excluding hydrogens is 176 g/mol. The van der Waals surface area contributed by atoms with Gasteiger partial charge in [0.15, 0.2) is 0 Å². The van der Waals surface area contributed by atoms with Crippen LogP contribution >= 0.6 is 0 Å². The number of hydrogen-bond donors (Lipinski definition) is 2. The summed E-state index contributed by atoms with van der Waals surface area (Å²) in [5.74, 6) is 0.652. The zero-order valence-electron chi connectivity index (χ0n) is 10.1. The van der Waals surface area contributed by atoms with Crippen molar-refractivity contribution in [3.05, 3.63) is 0 Å². The van der Waals surface area contributed by atoms with Gasteiger partial charge in [0.1, 0.15) is 0 Å². The average Bonchev–Trinajstić information content (AvgIpc) is 2.02. The summed E-state index contributed by atoms with van der Waals surface area (Å²) >= 11 is 0. The molecule has 0 saturated carbocycles. The van der Waals surface area contributed by atoms with Gasteiger partial charge >= 0.3 is 0 Å². The molecule has 0 rings (SSSR count). The summed E-state index contributed by atoms with van der Waals surface area (Å²) in [4.78, 5) is 11.7. The molecule has 1 unspecified atom stereocenters. The topological polar surface area (TPSA) is 55.1 Å². The summed E-state index contributed by atoms with van der Waals surface area (Å²) in [5, 5.41) is 2.98. The smallest absolute Gasteiger partial charge is 0.227 e. The molecule has 0 aliphatic carbocycles. The van der Waals surface area contributed by atoms with Gasteiger partial charge < -0.3 is 11.1 Å². The SMILES string of the molecule is CC(C)CC(C)NC(=O)C(C)(C)CN. The molecule has 0 aliphatic heterocycles. The fraction of sp³-hybridized carbons (Fsp3) is 0.909. The van der Waals surface area contributed by atoms with E-state index in [0.29, 0.717) is 12.5 Å². The highest BCUT2D eigenvalue weighted by atomic mass is 16.2. The van der Waals surface area contributed by atoms with Crippen LogP contribution in [0.15, 0.2) is 0 Å². The molecule has 0 fully saturated rings. The predicted molar refractivity (Wildman–Crippen MR) is 59.9 cm³/mol. The van der Waals surface area contributed by atoms with Gasteiger partial charge in [-0.1, -0.05) is 13.8 Å². The average molecular weight is 200 g/mol. The van der Waals surface area contributed by atoms with E-state index in [0.717, 1.165) is 6.42 Å². The van der Waals surface area contributed by atoms with Crippen molar-refractivity contribution in [1.82, 2.24) is 5.32 Å². The van der Waals surface area contributed by atoms with E-state index in [4.69, 9.17) is 5.73 Å². The molecule has 0 heterocycles. The van der Waals surface area contributed by atoms with Gasteiger partial charge in [0, 0.05) is 12.6 Å². The minimum atomic E-state index is -0.453. The van der Waals surface area contributed by atoms with Crippen LogP contribution in [-0.2, 0) is 4.79 Å². The van der Waals surface area contributed by atoms with Crippen LogP contribution in [0.1, 0.15) is 41.0 Å². The van der Waals surface area contributed by atoms with E-state index in [1.54, 1.807) is 0 Å². The lowest BCUT2D eigenvalue weighted by molar-refractivity contribution is -0.129. The Morgan fingerprint density at radius 2 is 1.86 bits per heavy atom. The Balaban J connectivity index is 4.06. The van der Waals surface area contributed by atoms with Crippen molar-refractivity contribution < 1.29 is 4.79 Å². The maximum Gasteiger partial charge on any atom is 0.227 e. The summed E-state index contributed by atoms with van der Waals surface area (Å²) in [6, 6.07) is 0.230. The number of nitrogens with one attached hydrogen (secondary N) is 1. The monoisotopic (exact) mass is 200 g/mol. The van der Waals surface area contributed by atoms with E-state index in [9.17, 15) is 4.79 Å². The quantitative estimate of drug-likeness (QED) is 0.707. The third-order valence-electron chi connectivity index (χ3n) is 2.33. The fourth-order valence-corrected chi connectivity index (χ4v) is 1.28. The first-order valence-corrected chi connectivity index (χ1v) is 5.30. The van der Waals surface area contributed by atoms with Crippen molar-refractivity contribution in [2.75, 3.05) is 6.54 Å². The van der Waals surface area contributed by atoms with Crippen LogP contribution in [0.2, 0.25) is 0 Å². The number of rotatable bonds is 5. The summed E-state index contributed by atoms with van der Waals surface area (Å²) in [6.07, 6.45) is 1.01. The fourth-order valence-electron chi connectivity index (χ4n) is 1.28. The molecule has 0 spiro atoms. The van der Waals surface area contributed by atoms with Crippen molar-refractivity contribution >= 4 is 5.91 Å². The van der Waals surface area contributed by atoms with E-state index < -0.39 is 5.41 Å². The van der Waals surface area contributed by atoms with Crippen molar-refractivity contribution in [3.63, 3.8) is 0 Å². The Hall–Kier alpha value is -0.570. The van der Waals surface area contributed by atoms with E-state index in [-0.39, 0.29) is 11.9 Å². The minimum absolute atomic E-state index is 0.0492. The molecule has 1 amide bonds. The third-order valence-corrected chi connectivity index (χ3v) is 2.33. The van der Waals surface area contributed by atoms with Gasteiger partial charge in [-0.25, -0.2) is 0 Å². The maximum absolute atomic E-state index is 11.7. The van der Waals surface area contributed by atoms with Gasteiger partial charge in [0.05, 0.1) is 5.41 Å². The highest BCUT2D eigenvalue weighted by Crippen LogP contribution is 2.13. The lowest BCUT2D eigenvalue weighted by Gasteiger charge is -2.25. The molecule has 3 N–H and O–H groups in total. The normalized spacial score (nSPS) is 14.2. The van der Waals surface area contributed by atoms with E-state index in [2.05, 4.69) is 19.2 Å². The molecule has 84 valence electrons. The van der Waals surface area contributed by atoms with Crippen LogP contribution in [0.3, 0.4) is 0 Å². The van der Waals surface area contributed by atoms with Crippen LogP contribution in [-0.4, -0.2) is 18.5 Å². The highest BCUT2D eigenvalue weighted by Gasteiger charge is 2.26. The second-order valence-electron chi connectivity index (χ2n) is 5.09. The Kier molecular flexibility index (Phi) is 5.13. The van der Waals surface area contributed by atoms with Gasteiger partial charge in [-0.3, -0.25) is 4.79 Å². The number of carbonyl (C=O) groups is 1. The second kappa shape index (κ2) is 5.35. The van der Waals surface area contributed by atoms with Crippen molar-refractivity contribution in [2.24, 2.45) is 17.1 Å². The highest BCUT2D eigenvalue weighted by molar-refractivity contribution is 5.82. The van der Waals surface area contributed by atoms with Crippen LogP contribution in [0.5, 0.6) is 0 Å². The molecule has 0 aliphatic rings. The van der Waals surface area contributed by atoms with Gasteiger partial charge in [-0.15, -0.1) is 0 Å². The van der Waals surface area contributed by atoms with Gasteiger partial charge in [0.2, 0.25) is 5.91 Å².